The Bertz CT molecular complexity index is 320. The minimum absolute atomic E-state index is 0.204. The Morgan fingerprint density at radius 3 is 2.67 bits per heavy atom. The van der Waals surface area contributed by atoms with E-state index in [4.69, 9.17) is 4.74 Å². The van der Waals surface area contributed by atoms with E-state index in [2.05, 4.69) is 17.1 Å². The molecule has 1 atom stereocenters. The van der Waals surface area contributed by atoms with Gasteiger partial charge in [-0.15, -0.1) is 0 Å². The van der Waals surface area contributed by atoms with Gasteiger partial charge >= 0.3 is 0 Å². The average molecular weight is 252 g/mol. The van der Waals surface area contributed by atoms with Gasteiger partial charge in [-0.2, -0.15) is 0 Å². The predicted molar refractivity (Wildman–Crippen MR) is 69.1 cm³/mol. The summed E-state index contributed by atoms with van der Waals surface area (Å²) < 4.78 is 5.39. The minimum atomic E-state index is -0.204. The number of carbonyl (C=O) groups excluding carboxylic acids is 1. The van der Waals surface area contributed by atoms with Gasteiger partial charge in [0, 0.05) is 19.8 Å². The van der Waals surface area contributed by atoms with Crippen LogP contribution in [0.15, 0.2) is 0 Å². The molecule has 1 unspecified atom stereocenters. The Kier molecular flexibility index (Phi) is 3.32. The first-order valence-electron chi connectivity index (χ1n) is 7.38. The van der Waals surface area contributed by atoms with Crippen LogP contribution in [0.25, 0.3) is 0 Å². The molecule has 2 heterocycles. The first kappa shape index (κ1) is 12.4. The van der Waals surface area contributed by atoms with Crippen molar-refractivity contribution in [2.75, 3.05) is 19.8 Å². The quantitative estimate of drug-likeness (QED) is 0.810. The van der Waals surface area contributed by atoms with Crippen molar-refractivity contribution in [1.29, 1.82) is 0 Å². The fourth-order valence-electron chi connectivity index (χ4n) is 3.78. The van der Waals surface area contributed by atoms with E-state index in [1.165, 1.54) is 12.8 Å². The summed E-state index contributed by atoms with van der Waals surface area (Å²) in [6, 6.07) is 0. The van der Waals surface area contributed by atoms with Crippen LogP contribution in [0.5, 0.6) is 0 Å². The molecule has 4 nitrogen and oxygen atoms in total. The van der Waals surface area contributed by atoms with Crippen LogP contribution < -0.4 is 5.32 Å². The van der Waals surface area contributed by atoms with Crippen LogP contribution in [0.1, 0.15) is 45.4 Å². The van der Waals surface area contributed by atoms with Gasteiger partial charge < -0.3 is 9.64 Å². The molecule has 0 aromatic carbocycles. The van der Waals surface area contributed by atoms with Gasteiger partial charge in [0.1, 0.15) is 0 Å². The highest BCUT2D eigenvalue weighted by Crippen LogP contribution is 2.36. The highest BCUT2D eigenvalue weighted by Gasteiger charge is 2.51. The molecule has 102 valence electrons. The highest BCUT2D eigenvalue weighted by molar-refractivity contribution is 5.89. The fraction of sp³-hybridized carbons (Fsp3) is 0.929. The minimum Gasteiger partial charge on any atom is -0.381 e. The van der Waals surface area contributed by atoms with Gasteiger partial charge in [-0.1, -0.05) is 12.8 Å². The molecule has 3 rings (SSSR count). The first-order chi connectivity index (χ1) is 8.71. The normalized spacial score (nSPS) is 32.6. The second-order valence-corrected chi connectivity index (χ2v) is 6.12. The van der Waals surface area contributed by atoms with Crippen molar-refractivity contribution in [2.45, 2.75) is 57.2 Å². The number of ether oxygens (including phenoxy) is 1. The van der Waals surface area contributed by atoms with Crippen molar-refractivity contribution < 1.29 is 9.53 Å². The zero-order valence-corrected chi connectivity index (χ0v) is 11.3. The summed E-state index contributed by atoms with van der Waals surface area (Å²) in [5, 5.41) is 3.56. The average Bonchev–Trinajstić information content (AvgIpc) is 2.93. The van der Waals surface area contributed by atoms with Crippen LogP contribution in [-0.2, 0) is 9.53 Å². The zero-order valence-electron chi connectivity index (χ0n) is 11.3. The summed E-state index contributed by atoms with van der Waals surface area (Å²) in [5.41, 5.74) is -0.204. The molecule has 2 saturated heterocycles. The van der Waals surface area contributed by atoms with E-state index in [-0.39, 0.29) is 11.7 Å². The molecule has 0 aromatic rings. The number of rotatable bonds is 2. The second kappa shape index (κ2) is 4.82. The Morgan fingerprint density at radius 1 is 1.33 bits per heavy atom. The van der Waals surface area contributed by atoms with Gasteiger partial charge in [0.05, 0.1) is 11.7 Å². The lowest BCUT2D eigenvalue weighted by Gasteiger charge is -2.29. The van der Waals surface area contributed by atoms with E-state index in [0.29, 0.717) is 11.8 Å². The molecule has 0 aromatic heterocycles. The summed E-state index contributed by atoms with van der Waals surface area (Å²) in [6.45, 7) is 4.77. The summed E-state index contributed by atoms with van der Waals surface area (Å²) in [4.78, 5) is 14.7. The molecule has 2 aliphatic heterocycles. The molecule has 3 aliphatic rings. The van der Waals surface area contributed by atoms with Crippen molar-refractivity contribution in [1.82, 2.24) is 10.2 Å². The van der Waals surface area contributed by atoms with E-state index in [1.807, 2.05) is 0 Å². The van der Waals surface area contributed by atoms with E-state index in [1.54, 1.807) is 0 Å². The highest BCUT2D eigenvalue weighted by atomic mass is 16.5. The molecule has 4 heteroatoms. The molecule has 1 N–H and O–H groups in total. The third-order valence-electron chi connectivity index (χ3n) is 4.88. The fourth-order valence-corrected chi connectivity index (χ4v) is 3.78. The lowest BCUT2D eigenvalue weighted by Crippen LogP contribution is -2.44. The summed E-state index contributed by atoms with van der Waals surface area (Å²) >= 11 is 0. The Labute approximate surface area is 109 Å². The SMILES string of the molecule is CC1NC2(CCCC2)C(=O)N1CC1CCOCC1. The van der Waals surface area contributed by atoms with Gasteiger partial charge in [-0.3, -0.25) is 10.1 Å². The first-order valence-corrected chi connectivity index (χ1v) is 7.38. The standard InChI is InChI=1S/C14H24N2O2/c1-11-15-14(6-2-3-7-14)13(17)16(11)10-12-4-8-18-9-5-12/h11-12,15H,2-10H2,1H3. The van der Waals surface area contributed by atoms with Crippen molar-refractivity contribution in [2.24, 2.45) is 5.92 Å². The van der Waals surface area contributed by atoms with E-state index in [0.717, 1.165) is 45.4 Å². The molecule has 1 spiro atoms. The number of nitrogens with one attached hydrogen (secondary N) is 1. The van der Waals surface area contributed by atoms with Crippen molar-refractivity contribution >= 4 is 5.91 Å². The second-order valence-electron chi connectivity index (χ2n) is 6.12. The summed E-state index contributed by atoms with van der Waals surface area (Å²) in [5.74, 6) is 0.988. The van der Waals surface area contributed by atoms with E-state index < -0.39 is 0 Å². The molecule has 0 radical (unpaired) electrons. The lowest BCUT2D eigenvalue weighted by molar-refractivity contribution is -0.134. The van der Waals surface area contributed by atoms with Gasteiger partial charge in [0.15, 0.2) is 0 Å². The van der Waals surface area contributed by atoms with Crippen LogP contribution in [0, 0.1) is 5.92 Å². The maximum absolute atomic E-state index is 12.6. The van der Waals surface area contributed by atoms with E-state index in [9.17, 15) is 4.79 Å². The van der Waals surface area contributed by atoms with Crippen LogP contribution in [0.2, 0.25) is 0 Å². The Balaban J connectivity index is 1.66. The van der Waals surface area contributed by atoms with Crippen molar-refractivity contribution in [3.05, 3.63) is 0 Å². The smallest absolute Gasteiger partial charge is 0.244 e. The topological polar surface area (TPSA) is 41.6 Å². The number of carbonyl (C=O) groups is 1. The molecular weight excluding hydrogens is 228 g/mol. The van der Waals surface area contributed by atoms with Crippen LogP contribution in [0.3, 0.4) is 0 Å². The van der Waals surface area contributed by atoms with Gasteiger partial charge in [0.25, 0.3) is 0 Å². The maximum Gasteiger partial charge on any atom is 0.244 e. The number of nitrogens with zero attached hydrogens (tertiary/aromatic N) is 1. The molecule has 1 amide bonds. The number of hydrogen-bond donors (Lipinski definition) is 1. The summed E-state index contributed by atoms with van der Waals surface area (Å²) in [6.07, 6.45) is 6.85. The molecule has 0 bridgehead atoms. The van der Waals surface area contributed by atoms with Crippen LogP contribution in [0.4, 0.5) is 0 Å². The van der Waals surface area contributed by atoms with Crippen LogP contribution >= 0.6 is 0 Å². The summed E-state index contributed by atoms with van der Waals surface area (Å²) in [7, 11) is 0. The monoisotopic (exact) mass is 252 g/mol. The lowest BCUT2D eigenvalue weighted by atomic mass is 9.96. The van der Waals surface area contributed by atoms with E-state index >= 15 is 0 Å². The van der Waals surface area contributed by atoms with Gasteiger partial charge in [-0.25, -0.2) is 0 Å². The largest absolute Gasteiger partial charge is 0.381 e. The third-order valence-corrected chi connectivity index (χ3v) is 4.88. The maximum atomic E-state index is 12.6. The molecular formula is C14H24N2O2. The predicted octanol–water partition coefficient (Wildman–Crippen LogP) is 1.50. The number of hydrogen-bond acceptors (Lipinski definition) is 3. The third kappa shape index (κ3) is 2.05. The van der Waals surface area contributed by atoms with Gasteiger partial charge in [-0.05, 0) is 38.5 Å². The van der Waals surface area contributed by atoms with Crippen LogP contribution in [-0.4, -0.2) is 42.3 Å². The van der Waals surface area contributed by atoms with Crippen molar-refractivity contribution in [3.63, 3.8) is 0 Å². The van der Waals surface area contributed by atoms with Gasteiger partial charge in [0.2, 0.25) is 5.91 Å². The molecule has 3 fully saturated rings. The Hall–Kier alpha value is -0.610. The molecule has 1 aliphatic carbocycles. The number of amides is 1. The molecule has 1 saturated carbocycles. The van der Waals surface area contributed by atoms with Crippen molar-refractivity contribution in [3.8, 4) is 0 Å². The molecule has 18 heavy (non-hydrogen) atoms. The zero-order chi connectivity index (χ0) is 12.6. The Morgan fingerprint density at radius 2 is 2.00 bits per heavy atom.